The summed E-state index contributed by atoms with van der Waals surface area (Å²) in [5.41, 5.74) is 1.41. The van der Waals surface area contributed by atoms with E-state index in [1.165, 1.54) is 5.57 Å². The van der Waals surface area contributed by atoms with Crippen molar-refractivity contribution in [2.24, 2.45) is 5.92 Å². The molecular formula is C14H24N2O. The summed E-state index contributed by atoms with van der Waals surface area (Å²) >= 11 is 0. The minimum Gasteiger partial charge on any atom is -0.314 e. The molecule has 0 aromatic rings. The lowest BCUT2D eigenvalue weighted by atomic mass is 10.00. The van der Waals surface area contributed by atoms with E-state index in [1.54, 1.807) is 0 Å². The largest absolute Gasteiger partial charge is 0.314 e. The van der Waals surface area contributed by atoms with Crippen molar-refractivity contribution in [2.45, 2.75) is 58.7 Å². The highest BCUT2D eigenvalue weighted by Crippen LogP contribution is 2.33. The highest BCUT2D eigenvalue weighted by atomic mass is 16.2. The van der Waals surface area contributed by atoms with Crippen LogP contribution in [0.3, 0.4) is 0 Å². The smallest absolute Gasteiger partial charge is 0.231 e. The lowest BCUT2D eigenvalue weighted by Gasteiger charge is -2.33. The zero-order valence-electron chi connectivity index (χ0n) is 11.6. The van der Waals surface area contributed by atoms with Crippen molar-refractivity contribution >= 4 is 5.91 Å². The van der Waals surface area contributed by atoms with Crippen LogP contribution in [-0.4, -0.2) is 40.9 Å². The van der Waals surface area contributed by atoms with Gasteiger partial charge in [-0.2, -0.15) is 0 Å². The van der Waals surface area contributed by atoms with Gasteiger partial charge in [0.05, 0.1) is 12.0 Å². The van der Waals surface area contributed by atoms with Gasteiger partial charge in [0.1, 0.15) is 0 Å². The topological polar surface area (TPSA) is 23.6 Å². The molecule has 0 N–H and O–H groups in total. The van der Waals surface area contributed by atoms with Crippen LogP contribution in [-0.2, 0) is 4.79 Å². The molecule has 4 atom stereocenters. The van der Waals surface area contributed by atoms with E-state index in [0.29, 0.717) is 24.0 Å². The van der Waals surface area contributed by atoms with Gasteiger partial charge in [-0.25, -0.2) is 0 Å². The highest BCUT2D eigenvalue weighted by molar-refractivity contribution is 5.81. The molecule has 3 heteroatoms. The monoisotopic (exact) mass is 236 g/mol. The summed E-state index contributed by atoms with van der Waals surface area (Å²) in [4.78, 5) is 16.8. The summed E-state index contributed by atoms with van der Waals surface area (Å²) in [5.74, 6) is 0.377. The molecule has 3 nitrogen and oxygen atoms in total. The Bertz CT molecular complexity index is 350. The lowest BCUT2D eigenvalue weighted by Crippen LogP contribution is -2.45. The Morgan fingerprint density at radius 3 is 2.53 bits per heavy atom. The van der Waals surface area contributed by atoms with Crippen LogP contribution in [0.25, 0.3) is 0 Å². The fourth-order valence-corrected chi connectivity index (χ4v) is 3.01. The maximum absolute atomic E-state index is 12.4. The Kier molecular flexibility index (Phi) is 3.30. The van der Waals surface area contributed by atoms with E-state index >= 15 is 0 Å². The first kappa shape index (κ1) is 12.6. The Hall–Kier alpha value is -0.830. The third-order valence-electron chi connectivity index (χ3n) is 4.81. The predicted octanol–water partition coefficient (Wildman–Crippen LogP) is 2.24. The maximum atomic E-state index is 12.4. The highest BCUT2D eigenvalue weighted by Gasteiger charge is 2.42. The van der Waals surface area contributed by atoms with Crippen LogP contribution in [0.2, 0.25) is 0 Å². The van der Waals surface area contributed by atoms with Gasteiger partial charge in [-0.05, 0) is 33.7 Å². The second-order valence-corrected chi connectivity index (χ2v) is 5.59. The van der Waals surface area contributed by atoms with Crippen molar-refractivity contribution in [2.75, 3.05) is 7.05 Å². The number of hydrogen-bond donors (Lipinski definition) is 0. The van der Waals surface area contributed by atoms with Crippen LogP contribution in [0.5, 0.6) is 0 Å². The number of nitrogens with zero attached hydrogens (tertiary/aromatic N) is 2. The number of hydrogen-bond acceptors (Lipinski definition) is 2. The van der Waals surface area contributed by atoms with Gasteiger partial charge in [-0.3, -0.25) is 9.69 Å². The molecule has 3 unspecified atom stereocenters. The Morgan fingerprint density at radius 2 is 1.94 bits per heavy atom. The van der Waals surface area contributed by atoms with Crippen LogP contribution in [0.1, 0.15) is 40.5 Å². The van der Waals surface area contributed by atoms with Gasteiger partial charge < -0.3 is 4.90 Å². The quantitative estimate of drug-likeness (QED) is 0.697. The summed E-state index contributed by atoms with van der Waals surface area (Å²) in [6, 6.07) is 1.09. The summed E-state index contributed by atoms with van der Waals surface area (Å²) < 4.78 is 0. The van der Waals surface area contributed by atoms with Crippen molar-refractivity contribution in [1.29, 1.82) is 0 Å². The zero-order chi connectivity index (χ0) is 12.7. The van der Waals surface area contributed by atoms with Gasteiger partial charge in [0.15, 0.2) is 0 Å². The van der Waals surface area contributed by atoms with Crippen molar-refractivity contribution in [1.82, 2.24) is 9.80 Å². The summed E-state index contributed by atoms with van der Waals surface area (Å²) in [7, 11) is 2.15. The van der Waals surface area contributed by atoms with Crippen LogP contribution in [0, 0.1) is 5.92 Å². The molecule has 0 aliphatic carbocycles. The molecule has 0 radical (unpaired) electrons. The second kappa shape index (κ2) is 4.45. The van der Waals surface area contributed by atoms with E-state index in [4.69, 9.17) is 0 Å². The van der Waals surface area contributed by atoms with Gasteiger partial charge >= 0.3 is 0 Å². The van der Waals surface area contributed by atoms with Crippen molar-refractivity contribution in [3.63, 3.8) is 0 Å². The number of carbonyl (C=O) groups is 1. The zero-order valence-corrected chi connectivity index (χ0v) is 11.6. The molecule has 1 amide bonds. The van der Waals surface area contributed by atoms with Crippen LogP contribution < -0.4 is 0 Å². The van der Waals surface area contributed by atoms with Crippen molar-refractivity contribution in [3.8, 4) is 0 Å². The van der Waals surface area contributed by atoms with Crippen molar-refractivity contribution < 1.29 is 4.79 Å². The van der Waals surface area contributed by atoms with Gasteiger partial charge in [0.2, 0.25) is 5.91 Å². The molecule has 17 heavy (non-hydrogen) atoms. The van der Waals surface area contributed by atoms with Gasteiger partial charge in [-0.15, -0.1) is 0 Å². The van der Waals surface area contributed by atoms with Crippen LogP contribution >= 0.6 is 0 Å². The fourth-order valence-electron chi connectivity index (χ4n) is 3.01. The molecule has 96 valence electrons. The average Bonchev–Trinajstić information content (AvgIpc) is 2.75. The molecule has 0 aromatic heterocycles. The first-order valence-corrected chi connectivity index (χ1v) is 6.71. The number of likely N-dealkylation sites (N-methyl/N-ethyl adjacent to an activating group) is 1. The van der Waals surface area contributed by atoms with E-state index in [1.807, 2.05) is 4.90 Å². The molecule has 0 saturated carbocycles. The minimum absolute atomic E-state index is 0.0832. The van der Waals surface area contributed by atoms with Crippen molar-refractivity contribution in [3.05, 3.63) is 11.8 Å². The number of carbonyl (C=O) groups excluding carboxylic acids is 1. The van der Waals surface area contributed by atoms with Gasteiger partial charge in [0.25, 0.3) is 0 Å². The third-order valence-corrected chi connectivity index (χ3v) is 4.81. The predicted molar refractivity (Wildman–Crippen MR) is 69.5 cm³/mol. The Labute approximate surface area is 104 Å². The molecule has 1 saturated heterocycles. The molecular weight excluding hydrogens is 212 g/mol. The minimum atomic E-state index is 0.0832. The standard InChI is InChI=1S/C14H24N2O/c1-6-12-7-13-11(4)15(5)10(3)9(2)14(17)16(13)8-12/h8-11,13H,6-7H2,1-5H3/t9?,10?,11?,13-/m0/s1. The first-order valence-electron chi connectivity index (χ1n) is 6.71. The number of rotatable bonds is 1. The molecule has 2 rings (SSSR count). The first-order chi connectivity index (χ1) is 7.97. The van der Waals surface area contributed by atoms with E-state index < -0.39 is 0 Å². The van der Waals surface area contributed by atoms with Gasteiger partial charge in [-0.1, -0.05) is 19.4 Å². The summed E-state index contributed by atoms with van der Waals surface area (Å²) in [5, 5.41) is 0. The number of fused-ring (bicyclic) bond motifs is 1. The maximum Gasteiger partial charge on any atom is 0.231 e. The SMILES string of the molecule is CCC1=CN2C(=O)C(C)C(C)N(C)C(C)[C@@H]2C1. The van der Waals surface area contributed by atoms with Crippen LogP contribution in [0.15, 0.2) is 11.8 Å². The molecule has 0 bridgehead atoms. The number of amides is 1. The molecule has 2 aliphatic rings. The van der Waals surface area contributed by atoms with E-state index in [9.17, 15) is 4.79 Å². The second-order valence-electron chi connectivity index (χ2n) is 5.59. The normalized spacial score (nSPS) is 39.0. The molecule has 2 heterocycles. The molecule has 0 aromatic carbocycles. The Morgan fingerprint density at radius 1 is 1.29 bits per heavy atom. The van der Waals surface area contributed by atoms with Gasteiger partial charge in [0, 0.05) is 18.3 Å². The third kappa shape index (κ3) is 1.90. The fraction of sp³-hybridized carbons (Fsp3) is 0.786. The van der Waals surface area contributed by atoms with E-state index in [-0.39, 0.29) is 5.92 Å². The summed E-state index contributed by atoms with van der Waals surface area (Å²) in [6.45, 7) is 8.62. The van der Waals surface area contributed by atoms with Crippen LogP contribution in [0.4, 0.5) is 0 Å². The summed E-state index contributed by atoms with van der Waals surface area (Å²) in [6.07, 6.45) is 4.21. The molecule has 2 aliphatic heterocycles. The van der Waals surface area contributed by atoms with E-state index in [0.717, 1.165) is 12.8 Å². The Balaban J connectivity index is 2.33. The van der Waals surface area contributed by atoms with E-state index in [2.05, 4.69) is 45.8 Å². The lowest BCUT2D eigenvalue weighted by molar-refractivity contribution is -0.133. The average molecular weight is 236 g/mol. The molecule has 0 spiro atoms. The molecule has 1 fully saturated rings.